The van der Waals surface area contributed by atoms with E-state index < -0.39 is 29.3 Å². The van der Waals surface area contributed by atoms with Gasteiger partial charge in [0.25, 0.3) is 5.91 Å². The van der Waals surface area contributed by atoms with Crippen LogP contribution in [0.15, 0.2) is 42.5 Å². The average Bonchev–Trinajstić information content (AvgIpc) is 2.40. The molecule has 0 aliphatic carbocycles. The maximum Gasteiger partial charge on any atom is 0.419 e. The van der Waals surface area contributed by atoms with E-state index in [-0.39, 0.29) is 11.3 Å². The lowest BCUT2D eigenvalue weighted by molar-refractivity contribution is -0.140. The number of carbonyl (C=O) groups excluding carboxylic acids is 1. The van der Waals surface area contributed by atoms with Crippen LogP contribution in [-0.2, 0) is 6.18 Å². The third-order valence-electron chi connectivity index (χ3n) is 2.64. The first kappa shape index (κ1) is 15.0. The van der Waals surface area contributed by atoms with Gasteiger partial charge < -0.3 is 5.32 Å². The van der Waals surface area contributed by atoms with Crippen molar-refractivity contribution in [3.8, 4) is 0 Å². The highest BCUT2D eigenvalue weighted by Crippen LogP contribution is 2.32. The van der Waals surface area contributed by atoms with Crippen molar-refractivity contribution in [3.05, 3.63) is 65.2 Å². The summed E-state index contributed by atoms with van der Waals surface area (Å²) >= 11 is 0. The van der Waals surface area contributed by atoms with Crippen molar-refractivity contribution >= 4 is 11.6 Å². The highest BCUT2D eigenvalue weighted by molar-refractivity contribution is 6.04. The van der Waals surface area contributed by atoms with Gasteiger partial charge >= 0.3 is 6.18 Å². The summed E-state index contributed by atoms with van der Waals surface area (Å²) in [5.41, 5.74) is -1.67. The van der Waals surface area contributed by atoms with Gasteiger partial charge in [0.2, 0.25) is 0 Å². The number of anilines is 1. The Balaban J connectivity index is 2.25. The molecule has 0 atom stereocenters. The van der Waals surface area contributed by atoms with Gasteiger partial charge in [-0.15, -0.1) is 0 Å². The zero-order valence-electron chi connectivity index (χ0n) is 10.3. The van der Waals surface area contributed by atoms with Crippen LogP contribution in [0.3, 0.4) is 0 Å². The molecule has 2 nitrogen and oxygen atoms in total. The van der Waals surface area contributed by atoms with Crippen LogP contribution in [0.25, 0.3) is 0 Å². The molecule has 0 aromatic heterocycles. The fraction of sp³-hybridized carbons (Fsp3) is 0.0714. The van der Waals surface area contributed by atoms with Gasteiger partial charge in [-0.2, -0.15) is 13.2 Å². The first-order valence-electron chi connectivity index (χ1n) is 5.71. The van der Waals surface area contributed by atoms with Crippen LogP contribution in [0, 0.1) is 11.6 Å². The molecule has 2 aromatic carbocycles. The Morgan fingerprint density at radius 3 is 2.14 bits per heavy atom. The Bertz CT molecular complexity index is 664. The van der Waals surface area contributed by atoms with Crippen molar-refractivity contribution in [2.75, 3.05) is 5.32 Å². The van der Waals surface area contributed by atoms with Gasteiger partial charge in [0.05, 0.1) is 5.56 Å². The lowest BCUT2D eigenvalue weighted by Crippen LogP contribution is -2.15. The van der Waals surface area contributed by atoms with Crippen LogP contribution < -0.4 is 5.32 Å². The topological polar surface area (TPSA) is 29.1 Å². The number of hydrogen-bond acceptors (Lipinski definition) is 1. The Labute approximate surface area is 116 Å². The predicted molar refractivity (Wildman–Crippen MR) is 65.8 cm³/mol. The molecule has 0 unspecified atom stereocenters. The van der Waals surface area contributed by atoms with Gasteiger partial charge in [-0.3, -0.25) is 4.79 Å². The van der Waals surface area contributed by atoms with Gasteiger partial charge in [0.1, 0.15) is 11.6 Å². The van der Waals surface area contributed by atoms with Crippen LogP contribution in [0.2, 0.25) is 0 Å². The Morgan fingerprint density at radius 1 is 0.952 bits per heavy atom. The van der Waals surface area contributed by atoms with E-state index in [1.165, 1.54) is 12.1 Å². The molecule has 0 heterocycles. The second-order valence-corrected chi connectivity index (χ2v) is 4.15. The zero-order valence-corrected chi connectivity index (χ0v) is 10.3. The summed E-state index contributed by atoms with van der Waals surface area (Å²) in [6, 6.07) is 6.60. The molecule has 0 aliphatic rings. The molecule has 0 spiro atoms. The number of benzene rings is 2. The van der Waals surface area contributed by atoms with Crippen molar-refractivity contribution in [3.63, 3.8) is 0 Å². The number of alkyl halides is 3. The molecule has 110 valence electrons. The van der Waals surface area contributed by atoms with E-state index in [9.17, 15) is 26.7 Å². The average molecular weight is 301 g/mol. The minimum atomic E-state index is -4.89. The summed E-state index contributed by atoms with van der Waals surface area (Å²) < 4.78 is 63.5. The molecule has 1 N–H and O–H groups in total. The normalized spacial score (nSPS) is 11.3. The van der Waals surface area contributed by atoms with Crippen molar-refractivity contribution in [1.82, 2.24) is 0 Å². The second-order valence-electron chi connectivity index (χ2n) is 4.15. The first-order chi connectivity index (χ1) is 9.77. The SMILES string of the molecule is O=C(Nc1ccc(F)cc1)c1ccc(F)c(C(F)(F)F)c1. The highest BCUT2D eigenvalue weighted by atomic mass is 19.4. The summed E-state index contributed by atoms with van der Waals surface area (Å²) in [5, 5.41) is 2.29. The van der Waals surface area contributed by atoms with E-state index in [1.54, 1.807) is 0 Å². The third kappa shape index (κ3) is 3.56. The summed E-state index contributed by atoms with van der Waals surface area (Å²) in [4.78, 5) is 11.8. The van der Waals surface area contributed by atoms with E-state index in [2.05, 4.69) is 5.32 Å². The summed E-state index contributed by atoms with van der Waals surface area (Å²) in [7, 11) is 0. The predicted octanol–water partition coefficient (Wildman–Crippen LogP) is 4.24. The Morgan fingerprint density at radius 2 is 1.57 bits per heavy atom. The number of amides is 1. The summed E-state index contributed by atoms with van der Waals surface area (Å²) in [6.07, 6.45) is -4.89. The molecule has 0 bridgehead atoms. The molecule has 21 heavy (non-hydrogen) atoms. The number of halogens is 5. The van der Waals surface area contributed by atoms with E-state index in [0.29, 0.717) is 12.1 Å². The molecule has 2 aromatic rings. The molecular formula is C14H8F5NO. The first-order valence-corrected chi connectivity index (χ1v) is 5.71. The van der Waals surface area contributed by atoms with Crippen LogP contribution >= 0.6 is 0 Å². The largest absolute Gasteiger partial charge is 0.419 e. The van der Waals surface area contributed by atoms with Gasteiger partial charge in [-0.05, 0) is 42.5 Å². The fourth-order valence-corrected chi connectivity index (χ4v) is 1.62. The molecule has 0 saturated carbocycles. The van der Waals surface area contributed by atoms with Crippen molar-refractivity contribution in [2.45, 2.75) is 6.18 Å². The molecule has 0 saturated heterocycles. The van der Waals surface area contributed by atoms with Crippen LogP contribution in [-0.4, -0.2) is 5.91 Å². The van der Waals surface area contributed by atoms with E-state index >= 15 is 0 Å². The van der Waals surface area contributed by atoms with Crippen molar-refractivity contribution < 1.29 is 26.7 Å². The monoisotopic (exact) mass is 301 g/mol. The smallest absolute Gasteiger partial charge is 0.322 e. The summed E-state index contributed by atoms with van der Waals surface area (Å²) in [5.74, 6) is -2.83. The van der Waals surface area contributed by atoms with Crippen LogP contribution in [0.4, 0.5) is 27.6 Å². The maximum absolute atomic E-state index is 13.1. The summed E-state index contributed by atoms with van der Waals surface area (Å²) in [6.45, 7) is 0. The number of hydrogen-bond donors (Lipinski definition) is 1. The van der Waals surface area contributed by atoms with Crippen molar-refractivity contribution in [1.29, 1.82) is 0 Å². The molecule has 7 heteroatoms. The van der Waals surface area contributed by atoms with Gasteiger partial charge in [-0.25, -0.2) is 8.78 Å². The lowest BCUT2D eigenvalue weighted by Gasteiger charge is -2.10. The number of nitrogens with one attached hydrogen (secondary N) is 1. The maximum atomic E-state index is 13.1. The highest BCUT2D eigenvalue weighted by Gasteiger charge is 2.34. The van der Waals surface area contributed by atoms with Crippen LogP contribution in [0.5, 0.6) is 0 Å². The standard InChI is InChI=1S/C14H8F5NO/c15-9-2-4-10(5-3-9)20-13(21)8-1-6-12(16)11(7-8)14(17,18)19/h1-7H,(H,20,21). The van der Waals surface area contributed by atoms with E-state index in [0.717, 1.165) is 18.2 Å². The zero-order chi connectivity index (χ0) is 15.6. The third-order valence-corrected chi connectivity index (χ3v) is 2.64. The molecule has 0 fully saturated rings. The quantitative estimate of drug-likeness (QED) is 0.826. The lowest BCUT2D eigenvalue weighted by atomic mass is 10.1. The molecule has 0 aliphatic heterocycles. The van der Waals surface area contributed by atoms with E-state index in [1.807, 2.05) is 0 Å². The van der Waals surface area contributed by atoms with Crippen LogP contribution in [0.1, 0.15) is 15.9 Å². The van der Waals surface area contributed by atoms with Crippen molar-refractivity contribution in [2.24, 2.45) is 0 Å². The minimum absolute atomic E-state index is 0.208. The Hall–Kier alpha value is -2.44. The van der Waals surface area contributed by atoms with E-state index in [4.69, 9.17) is 0 Å². The van der Waals surface area contributed by atoms with Gasteiger partial charge in [-0.1, -0.05) is 0 Å². The van der Waals surface area contributed by atoms with Gasteiger partial charge in [0.15, 0.2) is 0 Å². The molecular weight excluding hydrogens is 293 g/mol. The molecule has 2 rings (SSSR count). The second kappa shape index (κ2) is 5.51. The molecule has 0 radical (unpaired) electrons. The minimum Gasteiger partial charge on any atom is -0.322 e. The Kier molecular flexibility index (Phi) is 3.93. The number of carbonyl (C=O) groups is 1. The van der Waals surface area contributed by atoms with Gasteiger partial charge in [0, 0.05) is 11.3 Å². The molecule has 1 amide bonds. The fourth-order valence-electron chi connectivity index (χ4n) is 1.62. The number of rotatable bonds is 2.